The first-order valence-corrected chi connectivity index (χ1v) is 12.0. The van der Waals surface area contributed by atoms with E-state index in [9.17, 15) is 4.79 Å². The molecule has 0 atom stereocenters. The number of benzene rings is 2. The molecule has 0 aromatic heterocycles. The minimum atomic E-state index is 0.0310. The van der Waals surface area contributed by atoms with E-state index in [2.05, 4.69) is 27.2 Å². The van der Waals surface area contributed by atoms with Crippen molar-refractivity contribution in [3.8, 4) is 11.5 Å². The molecule has 1 aliphatic carbocycles. The van der Waals surface area contributed by atoms with Gasteiger partial charge in [0.1, 0.15) is 0 Å². The molecule has 6 heteroatoms. The summed E-state index contributed by atoms with van der Waals surface area (Å²) in [5.41, 5.74) is 3.14. The van der Waals surface area contributed by atoms with Gasteiger partial charge in [-0.2, -0.15) is 0 Å². The van der Waals surface area contributed by atoms with Crippen LogP contribution in [0.4, 0.5) is 11.4 Å². The van der Waals surface area contributed by atoms with Crippen LogP contribution in [0.3, 0.4) is 0 Å². The summed E-state index contributed by atoms with van der Waals surface area (Å²) in [5.74, 6) is 2.56. The van der Waals surface area contributed by atoms with Crippen LogP contribution in [0.5, 0.6) is 11.5 Å². The Morgan fingerprint density at radius 3 is 2.59 bits per heavy atom. The predicted octanol–water partition coefficient (Wildman–Crippen LogP) is 3.95. The fourth-order valence-electron chi connectivity index (χ4n) is 4.48. The van der Waals surface area contributed by atoms with Gasteiger partial charge >= 0.3 is 0 Å². The molecule has 170 valence electrons. The Kier molecular flexibility index (Phi) is 6.49. The number of fused-ring (bicyclic) bond motifs is 1. The molecule has 2 aliphatic heterocycles. The highest BCUT2D eigenvalue weighted by Gasteiger charge is 2.26. The van der Waals surface area contributed by atoms with E-state index in [1.54, 1.807) is 0 Å². The maximum Gasteiger partial charge on any atom is 0.224 e. The first kappa shape index (κ1) is 21.1. The van der Waals surface area contributed by atoms with E-state index in [0.29, 0.717) is 26.1 Å². The summed E-state index contributed by atoms with van der Waals surface area (Å²) in [4.78, 5) is 17.6. The third-order valence-electron chi connectivity index (χ3n) is 6.53. The molecule has 0 spiro atoms. The first-order valence-electron chi connectivity index (χ1n) is 12.0. The van der Waals surface area contributed by atoms with Crippen molar-refractivity contribution in [2.24, 2.45) is 5.92 Å². The molecule has 0 bridgehead atoms. The summed E-state index contributed by atoms with van der Waals surface area (Å²) < 4.78 is 11.4. The number of ether oxygens (including phenoxy) is 2. The maximum absolute atomic E-state index is 12.6. The lowest BCUT2D eigenvalue weighted by molar-refractivity contribution is -0.116. The average Bonchev–Trinajstić information content (AvgIpc) is 3.65. The average molecular weight is 436 g/mol. The third kappa shape index (κ3) is 5.54. The number of aryl methyl sites for hydroxylation is 1. The van der Waals surface area contributed by atoms with Gasteiger partial charge in [-0.05, 0) is 61.1 Å². The van der Waals surface area contributed by atoms with Crippen molar-refractivity contribution < 1.29 is 14.3 Å². The second-order valence-electron chi connectivity index (χ2n) is 9.16. The van der Waals surface area contributed by atoms with Crippen molar-refractivity contribution in [1.82, 2.24) is 4.90 Å². The van der Waals surface area contributed by atoms with E-state index in [4.69, 9.17) is 9.47 Å². The van der Waals surface area contributed by atoms with E-state index in [-0.39, 0.29) is 5.91 Å². The van der Waals surface area contributed by atoms with Crippen molar-refractivity contribution in [3.05, 3.63) is 48.0 Å². The minimum Gasteiger partial charge on any atom is -0.490 e. The highest BCUT2D eigenvalue weighted by Crippen LogP contribution is 2.31. The third-order valence-corrected chi connectivity index (χ3v) is 6.53. The van der Waals surface area contributed by atoms with Crippen LogP contribution in [-0.4, -0.2) is 56.7 Å². The van der Waals surface area contributed by atoms with Crippen molar-refractivity contribution in [3.63, 3.8) is 0 Å². The zero-order valence-electron chi connectivity index (χ0n) is 18.7. The second-order valence-corrected chi connectivity index (χ2v) is 9.16. The van der Waals surface area contributed by atoms with Gasteiger partial charge in [0.05, 0.1) is 13.2 Å². The molecule has 5 rings (SSSR count). The maximum atomic E-state index is 12.6. The van der Waals surface area contributed by atoms with Gasteiger partial charge in [-0.1, -0.05) is 12.1 Å². The highest BCUT2D eigenvalue weighted by molar-refractivity contribution is 5.91. The number of amides is 1. The number of piperazine rings is 1. The fraction of sp³-hybridized carbons (Fsp3) is 0.500. The van der Waals surface area contributed by atoms with Crippen LogP contribution in [0.2, 0.25) is 0 Å². The van der Waals surface area contributed by atoms with E-state index >= 15 is 0 Å². The number of nitrogens with one attached hydrogen (secondary N) is 1. The zero-order valence-corrected chi connectivity index (χ0v) is 18.7. The number of hydrogen-bond donors (Lipinski definition) is 1. The standard InChI is InChI=1S/C26H33N3O3/c30-26(10-8-20-7-9-24-25(17-20)32-16-2-15-31-24)27-22-3-1-4-23(18-22)29-13-11-28(12-14-29)19-21-5-6-21/h1,3-4,7,9,17-18,21H,2,5-6,8,10-16,19H2,(H,27,30). The smallest absolute Gasteiger partial charge is 0.224 e. The fourth-order valence-corrected chi connectivity index (χ4v) is 4.48. The van der Waals surface area contributed by atoms with Crippen LogP contribution in [0.15, 0.2) is 42.5 Å². The van der Waals surface area contributed by atoms with Crippen LogP contribution >= 0.6 is 0 Å². The Labute approximate surface area is 190 Å². The summed E-state index contributed by atoms with van der Waals surface area (Å²) in [6.07, 6.45) is 4.82. The van der Waals surface area contributed by atoms with Gasteiger partial charge in [0.25, 0.3) is 0 Å². The van der Waals surface area contributed by atoms with E-state index < -0.39 is 0 Å². The van der Waals surface area contributed by atoms with Gasteiger partial charge < -0.3 is 19.7 Å². The SMILES string of the molecule is O=C(CCc1ccc2c(c1)OCCCO2)Nc1cccc(N2CCN(CC3CC3)CC2)c1. The summed E-state index contributed by atoms with van der Waals surface area (Å²) >= 11 is 0. The monoisotopic (exact) mass is 435 g/mol. The number of hydrogen-bond acceptors (Lipinski definition) is 5. The number of anilines is 2. The van der Waals surface area contributed by atoms with Gasteiger partial charge in [-0.15, -0.1) is 0 Å². The molecule has 2 heterocycles. The lowest BCUT2D eigenvalue weighted by atomic mass is 10.1. The Hall–Kier alpha value is -2.73. The Morgan fingerprint density at radius 2 is 1.78 bits per heavy atom. The lowest BCUT2D eigenvalue weighted by Gasteiger charge is -2.36. The van der Waals surface area contributed by atoms with Crippen LogP contribution in [-0.2, 0) is 11.2 Å². The number of rotatable bonds is 7. The molecule has 32 heavy (non-hydrogen) atoms. The molecule has 1 N–H and O–H groups in total. The topological polar surface area (TPSA) is 54.0 Å². The number of carbonyl (C=O) groups excluding carboxylic acids is 1. The Bertz CT molecular complexity index is 936. The summed E-state index contributed by atoms with van der Waals surface area (Å²) in [5, 5.41) is 3.08. The molecule has 2 aromatic carbocycles. The lowest BCUT2D eigenvalue weighted by Crippen LogP contribution is -2.47. The molecule has 3 aliphatic rings. The van der Waals surface area contributed by atoms with Crippen molar-refractivity contribution in [1.29, 1.82) is 0 Å². The van der Waals surface area contributed by atoms with E-state index in [1.807, 2.05) is 30.3 Å². The molecule has 0 radical (unpaired) electrons. The van der Waals surface area contributed by atoms with Gasteiger partial charge in [0.15, 0.2) is 11.5 Å². The molecule has 6 nitrogen and oxygen atoms in total. The second kappa shape index (κ2) is 9.82. The molecule has 0 unspecified atom stereocenters. The normalized spacial score (nSPS) is 18.8. The molecular weight excluding hydrogens is 402 g/mol. The minimum absolute atomic E-state index is 0.0310. The molecule has 1 saturated heterocycles. The van der Waals surface area contributed by atoms with Crippen LogP contribution in [0.1, 0.15) is 31.2 Å². The Balaban J connectivity index is 1.12. The van der Waals surface area contributed by atoms with Crippen LogP contribution in [0.25, 0.3) is 0 Å². The quantitative estimate of drug-likeness (QED) is 0.714. The van der Waals surface area contributed by atoms with Crippen molar-refractivity contribution >= 4 is 17.3 Å². The highest BCUT2D eigenvalue weighted by atomic mass is 16.5. The molecule has 2 fully saturated rings. The van der Waals surface area contributed by atoms with E-state index in [1.165, 1.54) is 25.1 Å². The van der Waals surface area contributed by atoms with Crippen molar-refractivity contribution in [2.75, 3.05) is 56.2 Å². The van der Waals surface area contributed by atoms with Gasteiger partial charge in [0.2, 0.25) is 5.91 Å². The summed E-state index contributed by atoms with van der Waals surface area (Å²) in [7, 11) is 0. The van der Waals surface area contributed by atoms with Gasteiger partial charge in [-0.25, -0.2) is 0 Å². The summed E-state index contributed by atoms with van der Waals surface area (Å²) in [6, 6.07) is 14.2. The number of nitrogens with zero attached hydrogens (tertiary/aromatic N) is 2. The van der Waals surface area contributed by atoms with Gasteiger partial charge in [-0.3, -0.25) is 9.69 Å². The largest absolute Gasteiger partial charge is 0.490 e. The van der Waals surface area contributed by atoms with Crippen molar-refractivity contribution in [2.45, 2.75) is 32.1 Å². The predicted molar refractivity (Wildman–Crippen MR) is 127 cm³/mol. The van der Waals surface area contributed by atoms with Gasteiger partial charge in [0, 0.05) is 56.9 Å². The molecular formula is C26H33N3O3. The zero-order chi connectivity index (χ0) is 21.8. The number of carbonyl (C=O) groups is 1. The van der Waals surface area contributed by atoms with Crippen LogP contribution in [0, 0.1) is 5.92 Å². The molecule has 1 amide bonds. The molecule has 2 aromatic rings. The Morgan fingerprint density at radius 1 is 0.969 bits per heavy atom. The van der Waals surface area contributed by atoms with Crippen LogP contribution < -0.4 is 19.7 Å². The summed E-state index contributed by atoms with van der Waals surface area (Å²) in [6.45, 7) is 6.98. The van der Waals surface area contributed by atoms with E-state index in [0.717, 1.165) is 61.3 Å². The molecule has 1 saturated carbocycles. The first-order chi connectivity index (χ1) is 15.7.